The minimum atomic E-state index is -0.201. The van der Waals surface area contributed by atoms with E-state index in [-0.39, 0.29) is 35.1 Å². The van der Waals surface area contributed by atoms with E-state index in [1.165, 1.54) is 29.1 Å². The number of nitrogens with zero attached hydrogens (tertiary/aromatic N) is 2. The highest BCUT2D eigenvalue weighted by molar-refractivity contribution is 8.14. The zero-order valence-electron chi connectivity index (χ0n) is 21.8. The van der Waals surface area contributed by atoms with Crippen LogP contribution in [0.15, 0.2) is 65.5 Å². The maximum absolute atomic E-state index is 12.9. The molecule has 4 aliphatic rings. The van der Waals surface area contributed by atoms with E-state index in [9.17, 15) is 4.79 Å². The first kappa shape index (κ1) is 25.2. The monoisotopic (exact) mass is 505 g/mol. The number of thioether (sulfide) groups is 1. The fraction of sp³-hybridized carbons (Fsp3) is 0.517. The predicted molar refractivity (Wildman–Crippen MR) is 150 cm³/mol. The van der Waals surface area contributed by atoms with Gasteiger partial charge in [-0.1, -0.05) is 49.3 Å². The second-order valence-corrected chi connectivity index (χ2v) is 12.2. The third-order valence-electron chi connectivity index (χ3n) is 8.00. The van der Waals surface area contributed by atoms with E-state index < -0.39 is 0 Å². The maximum Gasteiger partial charge on any atom is 0.251 e. The Hall–Kier alpha value is -2.51. The predicted octanol–water partition coefficient (Wildman–Crippen LogP) is 4.46. The number of aliphatic imine (C=N–C) groups is 1. The van der Waals surface area contributed by atoms with E-state index in [2.05, 4.69) is 61.6 Å². The molecule has 1 fully saturated rings. The van der Waals surface area contributed by atoms with Gasteiger partial charge in [0.05, 0.1) is 16.8 Å². The smallest absolute Gasteiger partial charge is 0.251 e. The Labute approximate surface area is 219 Å². The average molecular weight is 506 g/mol. The molecule has 2 aliphatic heterocycles. The summed E-state index contributed by atoms with van der Waals surface area (Å²) in [6, 6.07) is 8.41. The number of benzene rings is 1. The Morgan fingerprint density at radius 3 is 2.53 bits per heavy atom. The van der Waals surface area contributed by atoms with Crippen molar-refractivity contribution in [3.63, 3.8) is 0 Å². The lowest BCUT2D eigenvalue weighted by Gasteiger charge is -2.40. The number of hydrogen-bond acceptors (Lipinski definition) is 6. The first-order valence-corrected chi connectivity index (χ1v) is 14.2. The van der Waals surface area contributed by atoms with Crippen molar-refractivity contribution in [2.75, 3.05) is 5.75 Å². The summed E-state index contributed by atoms with van der Waals surface area (Å²) in [5.41, 5.74) is 9.21. The highest BCUT2D eigenvalue weighted by atomic mass is 32.2. The van der Waals surface area contributed by atoms with Gasteiger partial charge in [-0.3, -0.25) is 9.79 Å². The van der Waals surface area contributed by atoms with Crippen LogP contribution in [0.4, 0.5) is 0 Å². The average Bonchev–Trinajstić information content (AvgIpc) is 3.59. The standard InChI is InChI=1S/C29H39N5OS/c1-19(2)34-25(17-31-28(34,3)4)24-18-36-27(33-24)29(15-7-8-16-29)21-13-11-20(12-14-21)26(35)32-23-10-6-5-9-22(23)30/h5-6,9-14,17,19,22-24,31H,7-8,15-16,18,30H2,1-4H3,(H,32,35). The Morgan fingerprint density at radius 2 is 1.86 bits per heavy atom. The summed E-state index contributed by atoms with van der Waals surface area (Å²) in [7, 11) is 0. The number of allylic oxidation sites excluding steroid dienone is 2. The number of nitrogens with two attached hydrogens (primary N) is 1. The van der Waals surface area contributed by atoms with E-state index in [4.69, 9.17) is 10.7 Å². The zero-order chi connectivity index (χ0) is 25.5. The Kier molecular flexibility index (Phi) is 6.81. The molecule has 1 aromatic carbocycles. The van der Waals surface area contributed by atoms with Gasteiger partial charge in [0.2, 0.25) is 0 Å². The zero-order valence-corrected chi connectivity index (χ0v) is 22.6. The van der Waals surface area contributed by atoms with E-state index >= 15 is 0 Å². The van der Waals surface area contributed by atoms with Gasteiger partial charge in [-0.15, -0.1) is 11.8 Å². The molecule has 0 bridgehead atoms. The summed E-state index contributed by atoms with van der Waals surface area (Å²) in [4.78, 5) is 20.7. The van der Waals surface area contributed by atoms with Gasteiger partial charge in [0, 0.05) is 35.0 Å². The SMILES string of the molecule is CC(C)N1C(C2CSC(C3(c4ccc(C(=O)NC5C=CC=CC5N)cc4)CCCC3)=N2)=CNC1(C)C. The molecular weight excluding hydrogens is 466 g/mol. The number of hydrogen-bond donors (Lipinski definition) is 3. The normalized spacial score (nSPS) is 28.3. The van der Waals surface area contributed by atoms with E-state index in [0.717, 1.165) is 18.6 Å². The van der Waals surface area contributed by atoms with Gasteiger partial charge in [-0.2, -0.15) is 0 Å². The fourth-order valence-electron chi connectivity index (χ4n) is 6.25. The summed E-state index contributed by atoms with van der Waals surface area (Å²) < 4.78 is 0. The maximum atomic E-state index is 12.9. The largest absolute Gasteiger partial charge is 0.368 e. The van der Waals surface area contributed by atoms with Crippen LogP contribution in [0.5, 0.6) is 0 Å². The minimum absolute atomic E-state index is 0.0432. The van der Waals surface area contributed by atoms with E-state index in [1.54, 1.807) is 0 Å². The summed E-state index contributed by atoms with van der Waals surface area (Å²) >= 11 is 1.92. The van der Waals surface area contributed by atoms with Crippen molar-refractivity contribution >= 4 is 22.7 Å². The lowest BCUT2D eigenvalue weighted by molar-refractivity contribution is 0.0942. The van der Waals surface area contributed by atoms with Gasteiger partial charge in [-0.05, 0) is 58.2 Å². The van der Waals surface area contributed by atoms with Gasteiger partial charge >= 0.3 is 0 Å². The lowest BCUT2D eigenvalue weighted by Crippen LogP contribution is -2.51. The summed E-state index contributed by atoms with van der Waals surface area (Å²) in [5.74, 6) is 0.890. The molecule has 1 saturated carbocycles. The Balaban J connectivity index is 1.36. The van der Waals surface area contributed by atoms with Crippen LogP contribution in [0.1, 0.15) is 69.3 Å². The molecule has 2 heterocycles. The van der Waals surface area contributed by atoms with Crippen molar-refractivity contribution in [2.24, 2.45) is 10.7 Å². The third-order valence-corrected chi connectivity index (χ3v) is 9.26. The third kappa shape index (κ3) is 4.52. The van der Waals surface area contributed by atoms with Crippen molar-refractivity contribution < 1.29 is 4.79 Å². The van der Waals surface area contributed by atoms with Crippen LogP contribution in [-0.2, 0) is 5.41 Å². The highest BCUT2D eigenvalue weighted by Gasteiger charge is 2.45. The topological polar surface area (TPSA) is 82.8 Å². The van der Waals surface area contributed by atoms with Gasteiger partial charge < -0.3 is 21.3 Å². The molecule has 5 rings (SSSR count). The lowest BCUT2D eigenvalue weighted by atomic mass is 9.79. The minimum Gasteiger partial charge on any atom is -0.368 e. The molecule has 4 N–H and O–H groups in total. The van der Waals surface area contributed by atoms with Gasteiger partial charge in [0.15, 0.2) is 0 Å². The number of carbonyl (C=O) groups is 1. The molecule has 192 valence electrons. The summed E-state index contributed by atoms with van der Waals surface area (Å²) in [6.07, 6.45) is 14.5. The molecule has 1 amide bonds. The fourth-order valence-corrected chi connectivity index (χ4v) is 7.61. The molecule has 0 aromatic heterocycles. The Morgan fingerprint density at radius 1 is 1.17 bits per heavy atom. The van der Waals surface area contributed by atoms with Crippen LogP contribution in [0.2, 0.25) is 0 Å². The number of amides is 1. The molecule has 2 aliphatic carbocycles. The van der Waals surface area contributed by atoms with Crippen LogP contribution in [0.25, 0.3) is 0 Å². The molecule has 0 saturated heterocycles. The molecule has 3 unspecified atom stereocenters. The Bertz CT molecular complexity index is 1110. The van der Waals surface area contributed by atoms with E-state index in [1.807, 2.05) is 48.2 Å². The van der Waals surface area contributed by atoms with Crippen LogP contribution < -0.4 is 16.4 Å². The van der Waals surface area contributed by atoms with Crippen LogP contribution in [0, 0.1) is 0 Å². The quantitative estimate of drug-likeness (QED) is 0.532. The summed E-state index contributed by atoms with van der Waals surface area (Å²) in [5, 5.41) is 7.87. The van der Waals surface area contributed by atoms with Gasteiger partial charge in [-0.25, -0.2) is 0 Å². The first-order valence-electron chi connectivity index (χ1n) is 13.2. The molecule has 0 spiro atoms. The molecule has 6 nitrogen and oxygen atoms in total. The van der Waals surface area contributed by atoms with Crippen molar-refractivity contribution in [1.82, 2.24) is 15.5 Å². The molecular formula is C29H39N5OS. The number of nitrogens with one attached hydrogen (secondary N) is 2. The van der Waals surface area contributed by atoms with Gasteiger partial charge in [0.25, 0.3) is 5.91 Å². The van der Waals surface area contributed by atoms with Crippen molar-refractivity contribution in [1.29, 1.82) is 0 Å². The molecule has 7 heteroatoms. The molecule has 3 atom stereocenters. The summed E-state index contributed by atoms with van der Waals surface area (Å²) in [6.45, 7) is 8.96. The second kappa shape index (κ2) is 9.75. The van der Waals surface area contributed by atoms with Crippen molar-refractivity contribution in [3.8, 4) is 0 Å². The van der Waals surface area contributed by atoms with Crippen LogP contribution >= 0.6 is 11.8 Å². The number of rotatable bonds is 6. The van der Waals surface area contributed by atoms with E-state index in [0.29, 0.717) is 11.6 Å². The molecule has 0 radical (unpaired) electrons. The molecule has 1 aromatic rings. The first-order chi connectivity index (χ1) is 17.2. The van der Waals surface area contributed by atoms with Crippen LogP contribution in [-0.4, -0.2) is 51.4 Å². The van der Waals surface area contributed by atoms with Gasteiger partial charge in [0.1, 0.15) is 11.7 Å². The highest BCUT2D eigenvalue weighted by Crippen LogP contribution is 2.48. The van der Waals surface area contributed by atoms with Crippen LogP contribution in [0.3, 0.4) is 0 Å². The second-order valence-electron chi connectivity index (χ2n) is 11.2. The van der Waals surface area contributed by atoms with Crippen molar-refractivity contribution in [2.45, 2.75) is 88.6 Å². The number of carbonyl (C=O) groups excluding carboxylic acids is 1. The van der Waals surface area contributed by atoms with Crippen molar-refractivity contribution in [3.05, 3.63) is 71.6 Å². The molecule has 36 heavy (non-hydrogen) atoms.